The number of piperazine rings is 1. The van der Waals surface area contributed by atoms with Crippen LogP contribution in [0.1, 0.15) is 36.9 Å². The molecule has 2 aromatic heterocycles. The molecule has 4 heterocycles. The Balaban J connectivity index is 1.23. The summed E-state index contributed by atoms with van der Waals surface area (Å²) in [6.07, 6.45) is 5.54. The molecule has 40 heavy (non-hydrogen) atoms. The maximum absolute atomic E-state index is 13.1. The standard InChI is InChI=1S/C27H30ClN11O/c1-36-6-2-3-18(16-36)26(40)38-9-7-37(8-10-38)22-12-17(13-29)11-21(23(22)28)33-27-34-24(32-19-4-5-19)25-31-15-20(14-30)39(25)35-27/h11-12,15,18-19H,2-10,16H2,1H3,(H2,32,33,34,35). The third-order valence-corrected chi connectivity index (χ3v) is 8.13. The van der Waals surface area contributed by atoms with Gasteiger partial charge in [-0.1, -0.05) is 11.6 Å². The van der Waals surface area contributed by atoms with E-state index in [0.717, 1.165) is 38.8 Å². The zero-order valence-electron chi connectivity index (χ0n) is 22.3. The summed E-state index contributed by atoms with van der Waals surface area (Å²) >= 11 is 6.91. The first-order valence-electron chi connectivity index (χ1n) is 13.6. The number of hydrogen-bond acceptors (Lipinski definition) is 10. The van der Waals surface area contributed by atoms with Crippen molar-refractivity contribution < 1.29 is 4.79 Å². The van der Waals surface area contributed by atoms with Crippen LogP contribution in [0.5, 0.6) is 0 Å². The Morgan fingerprint density at radius 3 is 2.60 bits per heavy atom. The summed E-state index contributed by atoms with van der Waals surface area (Å²) in [5.41, 5.74) is 2.38. The number of aromatic nitrogens is 4. The molecule has 3 aromatic rings. The van der Waals surface area contributed by atoms with Gasteiger partial charge in [-0.15, -0.1) is 5.10 Å². The molecule has 3 fully saturated rings. The molecule has 0 radical (unpaired) electrons. The van der Waals surface area contributed by atoms with Crippen LogP contribution in [0.25, 0.3) is 5.65 Å². The van der Waals surface area contributed by atoms with E-state index in [2.05, 4.69) is 54.7 Å². The Hall–Kier alpha value is -4.13. The van der Waals surface area contributed by atoms with Crippen molar-refractivity contribution in [1.82, 2.24) is 29.4 Å². The summed E-state index contributed by atoms with van der Waals surface area (Å²) in [6.45, 7) is 4.28. The molecule has 1 unspecified atom stereocenters. The Bertz CT molecular complexity index is 1530. The van der Waals surface area contributed by atoms with Gasteiger partial charge in [0.1, 0.15) is 6.07 Å². The van der Waals surface area contributed by atoms with Crippen molar-refractivity contribution in [2.24, 2.45) is 5.92 Å². The van der Waals surface area contributed by atoms with E-state index in [1.54, 1.807) is 12.1 Å². The molecule has 0 spiro atoms. The van der Waals surface area contributed by atoms with Gasteiger partial charge in [0, 0.05) is 38.8 Å². The van der Waals surface area contributed by atoms with Gasteiger partial charge in [-0.05, 0) is 51.4 Å². The molecular weight excluding hydrogens is 530 g/mol. The lowest BCUT2D eigenvalue weighted by Gasteiger charge is -2.39. The van der Waals surface area contributed by atoms with Crippen molar-refractivity contribution >= 4 is 46.3 Å². The SMILES string of the molecule is CN1CCCC(C(=O)N2CCN(c3cc(C#N)cc(Nc4nc(NC5CC5)c5ncc(C#N)n5n4)c3Cl)CC2)C1. The van der Waals surface area contributed by atoms with E-state index >= 15 is 0 Å². The van der Waals surface area contributed by atoms with Crippen LogP contribution < -0.4 is 15.5 Å². The van der Waals surface area contributed by atoms with Crippen LogP contribution in [0.3, 0.4) is 0 Å². The number of nitrogens with one attached hydrogen (secondary N) is 2. The first-order chi connectivity index (χ1) is 19.4. The Morgan fingerprint density at radius 2 is 1.90 bits per heavy atom. The number of halogens is 1. The summed E-state index contributed by atoms with van der Waals surface area (Å²) in [7, 11) is 2.07. The van der Waals surface area contributed by atoms with Crippen LogP contribution in [0, 0.1) is 28.6 Å². The minimum atomic E-state index is 0.0558. The number of carbonyl (C=O) groups is 1. The average molecular weight is 560 g/mol. The largest absolute Gasteiger partial charge is 0.367 e. The monoisotopic (exact) mass is 559 g/mol. The first-order valence-corrected chi connectivity index (χ1v) is 14.0. The van der Waals surface area contributed by atoms with Gasteiger partial charge in [0.25, 0.3) is 0 Å². The van der Waals surface area contributed by atoms with Crippen molar-refractivity contribution in [3.05, 3.63) is 34.6 Å². The van der Waals surface area contributed by atoms with Crippen LogP contribution in [-0.4, -0.2) is 87.6 Å². The molecule has 12 nitrogen and oxygen atoms in total. The number of likely N-dealkylation sites (tertiary alicyclic amines) is 1. The minimum Gasteiger partial charge on any atom is -0.367 e. The molecule has 13 heteroatoms. The Kier molecular flexibility index (Phi) is 7.05. The van der Waals surface area contributed by atoms with Crippen LogP contribution >= 0.6 is 11.6 Å². The number of nitriles is 2. The van der Waals surface area contributed by atoms with Gasteiger partial charge in [0.15, 0.2) is 17.2 Å². The highest BCUT2D eigenvalue weighted by Gasteiger charge is 2.31. The van der Waals surface area contributed by atoms with Crippen LogP contribution in [-0.2, 0) is 4.79 Å². The molecule has 1 aromatic carbocycles. The summed E-state index contributed by atoms with van der Waals surface area (Å²) in [4.78, 5) is 28.4. The molecule has 2 N–H and O–H groups in total. The third kappa shape index (κ3) is 5.20. The van der Waals surface area contributed by atoms with E-state index in [4.69, 9.17) is 11.6 Å². The number of piperidine rings is 1. The molecule has 1 amide bonds. The molecule has 206 valence electrons. The molecule has 2 aliphatic heterocycles. The molecule has 1 aliphatic carbocycles. The lowest BCUT2D eigenvalue weighted by molar-refractivity contribution is -0.137. The molecular formula is C27H30ClN11O. The van der Waals surface area contributed by atoms with E-state index in [1.807, 2.05) is 4.90 Å². The maximum Gasteiger partial charge on any atom is 0.247 e. The smallest absolute Gasteiger partial charge is 0.247 e. The molecule has 6 rings (SSSR count). The maximum atomic E-state index is 13.1. The highest BCUT2D eigenvalue weighted by molar-refractivity contribution is 6.36. The summed E-state index contributed by atoms with van der Waals surface area (Å²) in [6, 6.07) is 8.07. The van der Waals surface area contributed by atoms with Crippen LogP contribution in [0.15, 0.2) is 18.3 Å². The van der Waals surface area contributed by atoms with Crippen molar-refractivity contribution in [2.45, 2.75) is 31.7 Å². The predicted octanol–water partition coefficient (Wildman–Crippen LogP) is 2.83. The zero-order valence-corrected chi connectivity index (χ0v) is 23.0. The topological polar surface area (TPSA) is 142 Å². The molecule has 0 bridgehead atoms. The first kappa shape index (κ1) is 26.1. The Morgan fingerprint density at radius 1 is 1.10 bits per heavy atom. The summed E-state index contributed by atoms with van der Waals surface area (Å²) in [5.74, 6) is 1.03. The zero-order chi connectivity index (χ0) is 27.8. The van der Waals surface area contributed by atoms with E-state index in [1.165, 1.54) is 10.7 Å². The number of anilines is 4. The Labute approximate surface area is 237 Å². The molecule has 3 aliphatic rings. The van der Waals surface area contributed by atoms with Crippen LogP contribution in [0.4, 0.5) is 23.1 Å². The van der Waals surface area contributed by atoms with Gasteiger partial charge in [-0.2, -0.15) is 20.0 Å². The lowest BCUT2D eigenvalue weighted by Crippen LogP contribution is -2.52. The van der Waals surface area contributed by atoms with Gasteiger partial charge >= 0.3 is 0 Å². The second kappa shape index (κ2) is 10.8. The number of benzene rings is 1. The highest BCUT2D eigenvalue weighted by Crippen LogP contribution is 2.37. The molecule has 1 saturated carbocycles. The van der Waals surface area contributed by atoms with Crippen molar-refractivity contribution in [1.29, 1.82) is 10.5 Å². The lowest BCUT2D eigenvalue weighted by atomic mass is 9.96. The fraction of sp³-hybridized carbons (Fsp3) is 0.481. The predicted molar refractivity (Wildman–Crippen MR) is 151 cm³/mol. The minimum absolute atomic E-state index is 0.0558. The number of nitrogens with zero attached hydrogens (tertiary/aromatic N) is 9. The number of carbonyl (C=O) groups excluding carboxylic acids is 1. The van der Waals surface area contributed by atoms with Gasteiger partial charge in [0.2, 0.25) is 11.9 Å². The normalized spacial score (nSPS) is 19.8. The average Bonchev–Trinajstić information content (AvgIpc) is 3.69. The second-order valence-electron chi connectivity index (χ2n) is 10.7. The molecule has 1 atom stereocenters. The van der Waals surface area contributed by atoms with Crippen molar-refractivity contribution in [2.75, 3.05) is 61.8 Å². The molecule has 2 saturated heterocycles. The summed E-state index contributed by atoms with van der Waals surface area (Å²) < 4.78 is 1.45. The summed E-state index contributed by atoms with van der Waals surface area (Å²) in [5, 5.41) is 30.7. The van der Waals surface area contributed by atoms with Gasteiger partial charge in [0.05, 0.1) is 40.1 Å². The fourth-order valence-corrected chi connectivity index (χ4v) is 5.71. The van der Waals surface area contributed by atoms with Crippen LogP contribution in [0.2, 0.25) is 5.02 Å². The van der Waals surface area contributed by atoms with Crippen molar-refractivity contribution in [3.8, 4) is 12.1 Å². The number of fused-ring (bicyclic) bond motifs is 1. The number of imidazole rings is 1. The van der Waals surface area contributed by atoms with E-state index < -0.39 is 0 Å². The second-order valence-corrected chi connectivity index (χ2v) is 11.1. The fourth-order valence-electron chi connectivity index (χ4n) is 5.44. The van der Waals surface area contributed by atoms with Crippen molar-refractivity contribution in [3.63, 3.8) is 0 Å². The van der Waals surface area contributed by atoms with E-state index in [0.29, 0.717) is 65.6 Å². The van der Waals surface area contributed by atoms with Gasteiger partial charge < -0.3 is 25.3 Å². The van der Waals surface area contributed by atoms with E-state index in [9.17, 15) is 15.3 Å². The number of rotatable bonds is 6. The third-order valence-electron chi connectivity index (χ3n) is 7.73. The highest BCUT2D eigenvalue weighted by atomic mass is 35.5. The number of amides is 1. The van der Waals surface area contributed by atoms with E-state index in [-0.39, 0.29) is 23.5 Å². The number of hydrogen-bond donors (Lipinski definition) is 2. The van der Waals surface area contributed by atoms with Gasteiger partial charge in [-0.3, -0.25) is 4.79 Å². The van der Waals surface area contributed by atoms with Gasteiger partial charge in [-0.25, -0.2) is 4.98 Å². The quantitative estimate of drug-likeness (QED) is 0.463.